The van der Waals surface area contributed by atoms with Gasteiger partial charge < -0.3 is 9.84 Å². The van der Waals surface area contributed by atoms with Gasteiger partial charge in [0.15, 0.2) is 0 Å². The molecule has 0 bridgehead atoms. The van der Waals surface area contributed by atoms with Crippen molar-refractivity contribution in [3.05, 3.63) is 45.4 Å². The SMILES string of the molecule is CCOc1ccccc1C(O)c1sc(C)nc1C. The van der Waals surface area contributed by atoms with E-state index in [-0.39, 0.29) is 0 Å². The van der Waals surface area contributed by atoms with Crippen molar-refractivity contribution in [3.63, 3.8) is 0 Å². The van der Waals surface area contributed by atoms with Crippen LogP contribution in [-0.2, 0) is 0 Å². The van der Waals surface area contributed by atoms with Gasteiger partial charge in [-0.2, -0.15) is 0 Å². The summed E-state index contributed by atoms with van der Waals surface area (Å²) in [6.45, 7) is 6.39. The molecule has 1 N–H and O–H groups in total. The van der Waals surface area contributed by atoms with Crippen molar-refractivity contribution in [2.75, 3.05) is 6.61 Å². The number of rotatable bonds is 4. The number of hydrogen-bond donors (Lipinski definition) is 1. The van der Waals surface area contributed by atoms with Gasteiger partial charge in [0.1, 0.15) is 11.9 Å². The largest absolute Gasteiger partial charge is 0.493 e. The molecule has 0 aliphatic heterocycles. The lowest BCUT2D eigenvalue weighted by atomic mass is 10.1. The highest BCUT2D eigenvalue weighted by Crippen LogP contribution is 2.34. The standard InChI is InChI=1S/C14H17NO2S/c1-4-17-12-8-6-5-7-11(12)13(16)14-9(2)15-10(3)18-14/h5-8,13,16H,4H2,1-3H3. The fourth-order valence-electron chi connectivity index (χ4n) is 1.94. The van der Waals surface area contributed by atoms with Crippen LogP contribution in [-0.4, -0.2) is 16.7 Å². The molecular formula is C14H17NO2S. The van der Waals surface area contributed by atoms with Crippen LogP contribution >= 0.6 is 11.3 Å². The molecule has 0 amide bonds. The van der Waals surface area contributed by atoms with Gasteiger partial charge in [-0.3, -0.25) is 0 Å². The molecule has 0 aliphatic rings. The summed E-state index contributed by atoms with van der Waals surface area (Å²) in [6, 6.07) is 7.59. The Hall–Kier alpha value is -1.39. The second-order valence-electron chi connectivity index (χ2n) is 4.06. The summed E-state index contributed by atoms with van der Waals surface area (Å²) in [7, 11) is 0. The first-order valence-corrected chi connectivity index (χ1v) is 6.78. The van der Waals surface area contributed by atoms with E-state index in [1.807, 2.05) is 45.0 Å². The zero-order valence-electron chi connectivity index (χ0n) is 10.8. The van der Waals surface area contributed by atoms with Gasteiger partial charge in [-0.05, 0) is 26.8 Å². The number of aliphatic hydroxyl groups is 1. The third kappa shape index (κ3) is 2.54. The lowest BCUT2D eigenvalue weighted by molar-refractivity contribution is 0.214. The Kier molecular flexibility index (Phi) is 3.99. The van der Waals surface area contributed by atoms with Crippen LogP contribution in [0.4, 0.5) is 0 Å². The summed E-state index contributed by atoms with van der Waals surface area (Å²) in [4.78, 5) is 5.24. The summed E-state index contributed by atoms with van der Waals surface area (Å²) < 4.78 is 5.55. The number of nitrogens with zero attached hydrogens (tertiary/aromatic N) is 1. The van der Waals surface area contributed by atoms with Crippen LogP contribution in [0.1, 0.15) is 34.2 Å². The Labute approximate surface area is 111 Å². The molecule has 1 heterocycles. The van der Waals surface area contributed by atoms with E-state index in [4.69, 9.17) is 4.74 Å². The predicted octanol–water partition coefficient (Wildman–Crippen LogP) is 3.24. The average Bonchev–Trinajstić information content (AvgIpc) is 2.69. The summed E-state index contributed by atoms with van der Waals surface area (Å²) in [6.07, 6.45) is -0.668. The predicted molar refractivity (Wildman–Crippen MR) is 73.3 cm³/mol. The Morgan fingerprint density at radius 1 is 1.33 bits per heavy atom. The smallest absolute Gasteiger partial charge is 0.125 e. The monoisotopic (exact) mass is 263 g/mol. The van der Waals surface area contributed by atoms with Crippen molar-refractivity contribution in [1.29, 1.82) is 0 Å². The maximum atomic E-state index is 10.5. The van der Waals surface area contributed by atoms with Crippen LogP contribution in [0.2, 0.25) is 0 Å². The quantitative estimate of drug-likeness (QED) is 0.920. The molecule has 96 valence electrons. The average molecular weight is 263 g/mol. The molecule has 0 saturated carbocycles. The molecule has 2 aromatic rings. The van der Waals surface area contributed by atoms with E-state index in [0.29, 0.717) is 6.61 Å². The van der Waals surface area contributed by atoms with Gasteiger partial charge in [0, 0.05) is 5.56 Å². The van der Waals surface area contributed by atoms with Gasteiger partial charge in [0.2, 0.25) is 0 Å². The topological polar surface area (TPSA) is 42.4 Å². The lowest BCUT2D eigenvalue weighted by Crippen LogP contribution is -2.03. The number of ether oxygens (including phenoxy) is 1. The van der Waals surface area contributed by atoms with Crippen LogP contribution in [0, 0.1) is 13.8 Å². The van der Waals surface area contributed by atoms with E-state index in [0.717, 1.165) is 26.9 Å². The second kappa shape index (κ2) is 5.50. The first-order valence-electron chi connectivity index (χ1n) is 5.97. The number of aromatic nitrogens is 1. The minimum atomic E-state index is -0.668. The summed E-state index contributed by atoms with van der Waals surface area (Å²) in [5.41, 5.74) is 1.68. The van der Waals surface area contributed by atoms with E-state index in [1.54, 1.807) is 0 Å². The van der Waals surface area contributed by atoms with Gasteiger partial charge in [0.25, 0.3) is 0 Å². The van der Waals surface area contributed by atoms with E-state index in [1.165, 1.54) is 11.3 Å². The fourth-order valence-corrected chi connectivity index (χ4v) is 2.87. The molecule has 0 radical (unpaired) electrons. The van der Waals surface area contributed by atoms with Gasteiger partial charge >= 0.3 is 0 Å². The lowest BCUT2D eigenvalue weighted by Gasteiger charge is -2.14. The highest BCUT2D eigenvalue weighted by molar-refractivity contribution is 7.11. The zero-order chi connectivity index (χ0) is 13.1. The van der Waals surface area contributed by atoms with E-state index >= 15 is 0 Å². The molecule has 0 saturated heterocycles. The summed E-state index contributed by atoms with van der Waals surface area (Å²) >= 11 is 1.53. The Morgan fingerprint density at radius 2 is 2.06 bits per heavy atom. The minimum absolute atomic E-state index is 0.588. The molecule has 1 atom stereocenters. The maximum Gasteiger partial charge on any atom is 0.125 e. The van der Waals surface area contributed by atoms with Crippen molar-refractivity contribution in [2.24, 2.45) is 0 Å². The third-order valence-electron chi connectivity index (χ3n) is 2.70. The molecule has 1 aromatic carbocycles. The van der Waals surface area contributed by atoms with Crippen molar-refractivity contribution in [1.82, 2.24) is 4.98 Å². The molecule has 3 nitrogen and oxygen atoms in total. The molecule has 1 unspecified atom stereocenters. The highest BCUT2D eigenvalue weighted by Gasteiger charge is 2.19. The molecule has 4 heteroatoms. The number of para-hydroxylation sites is 1. The van der Waals surface area contributed by atoms with Gasteiger partial charge in [-0.1, -0.05) is 18.2 Å². The van der Waals surface area contributed by atoms with Crippen molar-refractivity contribution in [2.45, 2.75) is 26.9 Å². The van der Waals surface area contributed by atoms with E-state index < -0.39 is 6.10 Å². The number of hydrogen-bond acceptors (Lipinski definition) is 4. The Bertz CT molecular complexity index is 536. The molecular weight excluding hydrogens is 246 g/mol. The summed E-state index contributed by atoms with van der Waals surface area (Å²) in [5, 5.41) is 11.5. The first kappa shape index (κ1) is 13.1. The fraction of sp³-hybridized carbons (Fsp3) is 0.357. The molecule has 2 rings (SSSR count). The van der Waals surface area contributed by atoms with Crippen LogP contribution in [0.15, 0.2) is 24.3 Å². The van der Waals surface area contributed by atoms with Crippen LogP contribution in [0.5, 0.6) is 5.75 Å². The Balaban J connectivity index is 2.39. The molecule has 1 aromatic heterocycles. The normalized spacial score (nSPS) is 12.4. The third-order valence-corrected chi connectivity index (χ3v) is 3.83. The van der Waals surface area contributed by atoms with Crippen molar-refractivity contribution < 1.29 is 9.84 Å². The molecule has 0 fully saturated rings. The second-order valence-corrected chi connectivity index (χ2v) is 5.29. The number of aryl methyl sites for hydroxylation is 2. The number of aliphatic hydroxyl groups excluding tert-OH is 1. The summed E-state index contributed by atoms with van der Waals surface area (Å²) in [5.74, 6) is 0.734. The minimum Gasteiger partial charge on any atom is -0.493 e. The van der Waals surface area contributed by atoms with Crippen LogP contribution < -0.4 is 4.74 Å². The van der Waals surface area contributed by atoms with Gasteiger partial charge in [0.05, 0.1) is 22.2 Å². The van der Waals surface area contributed by atoms with E-state index in [9.17, 15) is 5.11 Å². The zero-order valence-corrected chi connectivity index (χ0v) is 11.6. The van der Waals surface area contributed by atoms with E-state index in [2.05, 4.69) is 4.98 Å². The van der Waals surface area contributed by atoms with Crippen molar-refractivity contribution >= 4 is 11.3 Å². The highest BCUT2D eigenvalue weighted by atomic mass is 32.1. The van der Waals surface area contributed by atoms with Crippen molar-refractivity contribution in [3.8, 4) is 5.75 Å². The maximum absolute atomic E-state index is 10.5. The Morgan fingerprint density at radius 3 is 2.67 bits per heavy atom. The molecule has 18 heavy (non-hydrogen) atoms. The number of benzene rings is 1. The van der Waals surface area contributed by atoms with Crippen LogP contribution in [0.3, 0.4) is 0 Å². The molecule has 0 aliphatic carbocycles. The van der Waals surface area contributed by atoms with Gasteiger partial charge in [-0.15, -0.1) is 11.3 Å². The van der Waals surface area contributed by atoms with Gasteiger partial charge in [-0.25, -0.2) is 4.98 Å². The first-order chi connectivity index (χ1) is 8.63. The van der Waals surface area contributed by atoms with Crippen LogP contribution in [0.25, 0.3) is 0 Å². The molecule has 0 spiro atoms. The number of thiazole rings is 1.